The van der Waals surface area contributed by atoms with Crippen LogP contribution in [0.5, 0.6) is 5.88 Å². The normalized spacial score (nSPS) is 10.1. The second kappa shape index (κ2) is 6.10. The second-order valence-electron chi connectivity index (χ2n) is 3.67. The van der Waals surface area contributed by atoms with Crippen LogP contribution >= 0.6 is 0 Å². The maximum atomic E-state index is 11.0. The first-order valence-corrected chi connectivity index (χ1v) is 5.48. The maximum Gasteiger partial charge on any atom is 0.341 e. The van der Waals surface area contributed by atoms with Gasteiger partial charge in [-0.15, -0.1) is 0 Å². The Labute approximate surface area is 95.3 Å². The summed E-state index contributed by atoms with van der Waals surface area (Å²) in [5, 5.41) is 9.03. The molecular weight excluding hydrogens is 206 g/mol. The molecule has 0 spiro atoms. The van der Waals surface area contributed by atoms with E-state index in [0.717, 1.165) is 19.3 Å². The first-order chi connectivity index (χ1) is 7.66. The number of carbonyl (C=O) groups is 1. The van der Waals surface area contributed by atoms with Gasteiger partial charge in [-0.2, -0.15) is 0 Å². The Morgan fingerprint density at radius 3 is 2.88 bits per heavy atom. The van der Waals surface area contributed by atoms with Crippen molar-refractivity contribution < 1.29 is 14.6 Å². The molecule has 1 rings (SSSR count). The number of carboxylic acids is 1. The van der Waals surface area contributed by atoms with Crippen LogP contribution in [0.1, 0.15) is 42.1 Å². The van der Waals surface area contributed by atoms with Gasteiger partial charge in [-0.1, -0.05) is 19.8 Å². The molecule has 0 unspecified atom stereocenters. The van der Waals surface area contributed by atoms with Crippen LogP contribution in [0.3, 0.4) is 0 Å². The smallest absolute Gasteiger partial charge is 0.341 e. The van der Waals surface area contributed by atoms with E-state index in [1.165, 1.54) is 0 Å². The Morgan fingerprint density at radius 2 is 2.25 bits per heavy atom. The number of aryl methyl sites for hydroxylation is 1. The maximum absolute atomic E-state index is 11.0. The number of carboxylic acid groups (broad SMARTS) is 1. The summed E-state index contributed by atoms with van der Waals surface area (Å²) < 4.78 is 5.39. The van der Waals surface area contributed by atoms with Gasteiger partial charge in [0.2, 0.25) is 5.88 Å². The average Bonchev–Trinajstić information content (AvgIpc) is 2.24. The monoisotopic (exact) mass is 223 g/mol. The lowest BCUT2D eigenvalue weighted by atomic mass is 10.1. The van der Waals surface area contributed by atoms with E-state index >= 15 is 0 Å². The SMILES string of the molecule is CCCCCOc1nccc(C)c1C(=O)O. The van der Waals surface area contributed by atoms with Gasteiger partial charge >= 0.3 is 5.97 Å². The molecule has 1 aromatic rings. The molecule has 1 N–H and O–H groups in total. The third kappa shape index (κ3) is 3.22. The first-order valence-electron chi connectivity index (χ1n) is 5.48. The predicted molar refractivity (Wildman–Crippen MR) is 61.0 cm³/mol. The lowest BCUT2D eigenvalue weighted by molar-refractivity contribution is 0.0690. The van der Waals surface area contributed by atoms with Crippen LogP contribution < -0.4 is 4.74 Å². The van der Waals surface area contributed by atoms with Gasteiger partial charge in [0.15, 0.2) is 0 Å². The largest absolute Gasteiger partial charge is 0.477 e. The Kier molecular flexibility index (Phi) is 4.76. The van der Waals surface area contributed by atoms with Crippen molar-refractivity contribution in [3.8, 4) is 5.88 Å². The predicted octanol–water partition coefficient (Wildman–Crippen LogP) is 2.66. The number of rotatable bonds is 6. The van der Waals surface area contributed by atoms with E-state index < -0.39 is 5.97 Å². The zero-order valence-corrected chi connectivity index (χ0v) is 9.69. The van der Waals surface area contributed by atoms with Crippen molar-refractivity contribution >= 4 is 5.97 Å². The Hall–Kier alpha value is -1.58. The summed E-state index contributed by atoms with van der Waals surface area (Å²) in [5.74, 6) is -0.764. The van der Waals surface area contributed by atoms with Crippen LogP contribution in [-0.4, -0.2) is 22.7 Å². The van der Waals surface area contributed by atoms with Gasteiger partial charge in [-0.3, -0.25) is 0 Å². The van der Waals surface area contributed by atoms with Crippen LogP contribution in [0.2, 0.25) is 0 Å². The van der Waals surface area contributed by atoms with Crippen molar-refractivity contribution in [2.45, 2.75) is 33.1 Å². The second-order valence-corrected chi connectivity index (χ2v) is 3.67. The molecule has 0 amide bonds. The molecule has 0 saturated carbocycles. The minimum atomic E-state index is -0.990. The minimum absolute atomic E-state index is 0.166. The van der Waals surface area contributed by atoms with Crippen molar-refractivity contribution in [3.05, 3.63) is 23.4 Å². The van der Waals surface area contributed by atoms with E-state index in [0.29, 0.717) is 12.2 Å². The van der Waals surface area contributed by atoms with E-state index in [9.17, 15) is 4.79 Å². The van der Waals surface area contributed by atoms with Crippen molar-refractivity contribution in [1.29, 1.82) is 0 Å². The number of hydrogen-bond donors (Lipinski definition) is 1. The fourth-order valence-electron chi connectivity index (χ4n) is 1.42. The summed E-state index contributed by atoms with van der Waals surface area (Å²) in [6, 6.07) is 1.67. The number of pyridine rings is 1. The molecule has 0 aliphatic carbocycles. The summed E-state index contributed by atoms with van der Waals surface area (Å²) in [7, 11) is 0. The van der Waals surface area contributed by atoms with Gasteiger partial charge in [-0.25, -0.2) is 9.78 Å². The highest BCUT2D eigenvalue weighted by Crippen LogP contribution is 2.19. The third-order valence-electron chi connectivity index (χ3n) is 2.33. The van der Waals surface area contributed by atoms with Crippen LogP contribution in [-0.2, 0) is 0 Å². The molecule has 0 fully saturated rings. The summed E-state index contributed by atoms with van der Waals surface area (Å²) >= 11 is 0. The van der Waals surface area contributed by atoms with E-state index in [4.69, 9.17) is 9.84 Å². The molecule has 0 radical (unpaired) electrons. The summed E-state index contributed by atoms with van der Waals surface area (Å²) in [4.78, 5) is 15.0. The van der Waals surface area contributed by atoms with Gasteiger partial charge in [-0.05, 0) is 25.0 Å². The van der Waals surface area contributed by atoms with Crippen LogP contribution in [0.25, 0.3) is 0 Å². The van der Waals surface area contributed by atoms with Crippen LogP contribution in [0.15, 0.2) is 12.3 Å². The van der Waals surface area contributed by atoms with Crippen molar-refractivity contribution in [1.82, 2.24) is 4.98 Å². The topological polar surface area (TPSA) is 59.4 Å². The van der Waals surface area contributed by atoms with Gasteiger partial charge in [0.25, 0.3) is 0 Å². The van der Waals surface area contributed by atoms with Gasteiger partial charge in [0, 0.05) is 6.20 Å². The zero-order valence-electron chi connectivity index (χ0n) is 9.69. The van der Waals surface area contributed by atoms with Crippen molar-refractivity contribution in [2.24, 2.45) is 0 Å². The van der Waals surface area contributed by atoms with Crippen molar-refractivity contribution in [2.75, 3.05) is 6.61 Å². The molecule has 0 aromatic carbocycles. The number of nitrogens with zero attached hydrogens (tertiary/aromatic N) is 1. The summed E-state index contributed by atoms with van der Waals surface area (Å²) in [6.45, 7) is 4.36. The Morgan fingerprint density at radius 1 is 1.50 bits per heavy atom. The van der Waals surface area contributed by atoms with Gasteiger partial charge < -0.3 is 9.84 Å². The Bertz CT molecular complexity index is 363. The number of aromatic carboxylic acids is 1. The minimum Gasteiger partial charge on any atom is -0.477 e. The van der Waals surface area contributed by atoms with E-state index in [2.05, 4.69) is 11.9 Å². The molecule has 0 bridgehead atoms. The number of hydrogen-bond acceptors (Lipinski definition) is 3. The van der Waals surface area contributed by atoms with Crippen molar-refractivity contribution in [3.63, 3.8) is 0 Å². The molecule has 4 nitrogen and oxygen atoms in total. The molecule has 0 atom stereocenters. The highest BCUT2D eigenvalue weighted by Gasteiger charge is 2.15. The lowest BCUT2D eigenvalue weighted by Crippen LogP contribution is -2.08. The van der Waals surface area contributed by atoms with Gasteiger partial charge in [0.05, 0.1) is 6.61 Å². The van der Waals surface area contributed by atoms with Gasteiger partial charge in [0.1, 0.15) is 5.56 Å². The number of unbranched alkanes of at least 4 members (excludes halogenated alkanes) is 2. The zero-order chi connectivity index (χ0) is 12.0. The molecular formula is C12H17NO3. The highest BCUT2D eigenvalue weighted by molar-refractivity contribution is 5.91. The van der Waals surface area contributed by atoms with E-state index in [-0.39, 0.29) is 11.4 Å². The lowest BCUT2D eigenvalue weighted by Gasteiger charge is -2.09. The quantitative estimate of drug-likeness (QED) is 0.753. The summed E-state index contributed by atoms with van der Waals surface area (Å²) in [5.41, 5.74) is 0.840. The molecule has 1 aromatic heterocycles. The molecule has 0 saturated heterocycles. The number of ether oxygens (including phenoxy) is 1. The molecule has 88 valence electrons. The van der Waals surface area contributed by atoms with Crippen LogP contribution in [0, 0.1) is 6.92 Å². The molecule has 1 heterocycles. The molecule has 4 heteroatoms. The van der Waals surface area contributed by atoms with Crippen LogP contribution in [0.4, 0.5) is 0 Å². The first kappa shape index (κ1) is 12.5. The molecule has 16 heavy (non-hydrogen) atoms. The fraction of sp³-hybridized carbons (Fsp3) is 0.500. The molecule has 0 aliphatic heterocycles. The third-order valence-corrected chi connectivity index (χ3v) is 2.33. The summed E-state index contributed by atoms with van der Waals surface area (Å²) in [6.07, 6.45) is 4.67. The Balaban J connectivity index is 2.71. The average molecular weight is 223 g/mol. The highest BCUT2D eigenvalue weighted by atomic mass is 16.5. The fourth-order valence-corrected chi connectivity index (χ4v) is 1.42. The van der Waals surface area contributed by atoms with E-state index in [1.54, 1.807) is 19.2 Å². The molecule has 0 aliphatic rings. The standard InChI is InChI=1S/C12H17NO3/c1-3-4-5-8-16-11-10(12(14)15)9(2)6-7-13-11/h6-7H,3-5,8H2,1-2H3,(H,14,15). The van der Waals surface area contributed by atoms with E-state index in [1.807, 2.05) is 0 Å². The number of aromatic nitrogens is 1.